The van der Waals surface area contributed by atoms with Gasteiger partial charge in [0.2, 0.25) is 23.6 Å². The van der Waals surface area contributed by atoms with Crippen LogP contribution in [0.25, 0.3) is 10.9 Å². The molecule has 6 amide bonds. The van der Waals surface area contributed by atoms with Crippen molar-refractivity contribution in [1.29, 1.82) is 0 Å². The number of hydrogen-bond acceptors (Lipinski definition) is 20. The number of carboxylic acid groups (broad SMARTS) is 1. The number of aryl methyl sites for hydroxylation is 2. The first-order valence-corrected chi connectivity index (χ1v) is 32.3. The minimum atomic E-state index is -3.10. The van der Waals surface area contributed by atoms with Gasteiger partial charge in [0.15, 0.2) is 0 Å². The van der Waals surface area contributed by atoms with Gasteiger partial charge in [-0.3, -0.25) is 72.6 Å². The average molecular weight is 1310 g/mol. The summed E-state index contributed by atoms with van der Waals surface area (Å²) in [6, 6.07) is 12.7. The second-order valence-corrected chi connectivity index (χ2v) is 24.2. The number of alkyl halides is 2. The van der Waals surface area contributed by atoms with E-state index in [9.17, 15) is 62.1 Å². The highest BCUT2D eigenvalue weighted by Crippen LogP contribution is 2.32. The van der Waals surface area contributed by atoms with Crippen LogP contribution in [0.5, 0.6) is 5.75 Å². The number of aliphatic hydroxyl groups excluding tert-OH is 1. The minimum Gasteiger partial charge on any atom is -0.494 e. The average Bonchev–Trinajstić information content (AvgIpc) is 1.33. The van der Waals surface area contributed by atoms with Crippen molar-refractivity contribution in [2.45, 2.75) is 82.4 Å². The number of ether oxygens (including phenoxy) is 3. The monoisotopic (exact) mass is 1310 g/mol. The number of likely N-dealkylation sites (tertiary alicyclic amines) is 1. The number of hydrogen-bond donors (Lipinski definition) is 6. The molecule has 0 spiro atoms. The maximum Gasteiger partial charge on any atom is 0.317 e. The Morgan fingerprint density at radius 3 is 2.09 bits per heavy atom. The molecule has 92 heavy (non-hydrogen) atoms. The van der Waals surface area contributed by atoms with E-state index in [0.29, 0.717) is 133 Å². The van der Waals surface area contributed by atoms with E-state index in [0.717, 1.165) is 35.4 Å². The molecule has 6 N–H and O–H groups in total. The van der Waals surface area contributed by atoms with Gasteiger partial charge in [-0.25, -0.2) is 8.78 Å². The number of nitrogens with zero attached hydrogens (tertiary/aromatic N) is 8. The second-order valence-electron chi connectivity index (χ2n) is 23.0. The van der Waals surface area contributed by atoms with Crippen molar-refractivity contribution in [3.63, 3.8) is 0 Å². The number of thioether (sulfide) groups is 1. The number of amides is 6. The summed E-state index contributed by atoms with van der Waals surface area (Å²) in [7, 11) is 0. The van der Waals surface area contributed by atoms with Crippen molar-refractivity contribution < 1.29 is 76.4 Å². The molecule has 504 valence electrons. The van der Waals surface area contributed by atoms with Crippen LogP contribution in [0.3, 0.4) is 0 Å². The van der Waals surface area contributed by atoms with Crippen molar-refractivity contribution in [2.24, 2.45) is 0 Å². The van der Waals surface area contributed by atoms with Gasteiger partial charge in [0.05, 0.1) is 49.9 Å². The summed E-state index contributed by atoms with van der Waals surface area (Å²) in [5.41, 5.74) is 3.04. The van der Waals surface area contributed by atoms with Crippen LogP contribution >= 0.6 is 11.8 Å². The van der Waals surface area contributed by atoms with E-state index < -0.39 is 73.2 Å². The molecule has 3 aromatic rings. The van der Waals surface area contributed by atoms with Crippen molar-refractivity contribution in [1.82, 2.24) is 60.6 Å². The summed E-state index contributed by atoms with van der Waals surface area (Å²) in [4.78, 5) is 130. The van der Waals surface area contributed by atoms with E-state index in [1.54, 1.807) is 28.0 Å². The first-order valence-electron chi connectivity index (χ1n) is 31.1. The Bertz CT molecular complexity index is 2940. The van der Waals surface area contributed by atoms with Crippen LogP contribution in [-0.2, 0) is 54.3 Å². The zero-order valence-electron chi connectivity index (χ0n) is 52.3. The molecule has 3 fully saturated rings. The number of carbonyl (C=O) groups is 9. The molecule has 4 heterocycles. The number of aliphatic carboxylic acids is 1. The molecule has 1 aromatic heterocycles. The molecule has 2 aromatic carbocycles. The molecule has 0 radical (unpaired) electrons. The van der Waals surface area contributed by atoms with Gasteiger partial charge in [0.25, 0.3) is 30.7 Å². The van der Waals surface area contributed by atoms with Gasteiger partial charge in [-0.15, -0.1) is 6.42 Å². The first kappa shape index (κ1) is 73.5. The third-order valence-corrected chi connectivity index (χ3v) is 17.1. The Balaban J connectivity index is 0.921. The normalized spacial score (nSPS) is 17.8. The Kier molecular flexibility index (Phi) is 31.2. The van der Waals surface area contributed by atoms with Gasteiger partial charge in [-0.1, -0.05) is 35.7 Å². The van der Waals surface area contributed by atoms with Crippen molar-refractivity contribution >= 4 is 77.0 Å². The fourth-order valence-electron chi connectivity index (χ4n) is 10.8. The Morgan fingerprint density at radius 2 is 1.43 bits per heavy atom. The van der Waals surface area contributed by atoms with E-state index >= 15 is 0 Å². The number of halogens is 2. The summed E-state index contributed by atoms with van der Waals surface area (Å²) in [5.74, 6) is -3.71. The largest absolute Gasteiger partial charge is 0.494 e. The third kappa shape index (κ3) is 25.8. The van der Waals surface area contributed by atoms with E-state index in [1.807, 2.05) is 45.9 Å². The minimum absolute atomic E-state index is 0.0164. The molecule has 0 unspecified atom stereocenters. The third-order valence-electron chi connectivity index (χ3n) is 16.0. The van der Waals surface area contributed by atoms with Crippen LogP contribution in [0.4, 0.5) is 8.78 Å². The van der Waals surface area contributed by atoms with Crippen LogP contribution in [0.2, 0.25) is 0 Å². The number of carbonyl (C=O) groups excluding carboxylic acids is 8. The van der Waals surface area contributed by atoms with E-state index in [4.69, 9.17) is 20.6 Å². The number of unbranched alkanes of at least 4 members (excludes halogenated alkanes) is 1. The van der Waals surface area contributed by atoms with Crippen molar-refractivity contribution in [3.8, 4) is 18.1 Å². The molecule has 3 aliphatic heterocycles. The highest BCUT2D eigenvalue weighted by Gasteiger charge is 2.46. The lowest BCUT2D eigenvalue weighted by atomic mass is 10.1. The van der Waals surface area contributed by atoms with Gasteiger partial charge >= 0.3 is 5.97 Å². The molecule has 0 bridgehead atoms. The van der Waals surface area contributed by atoms with E-state index in [-0.39, 0.29) is 82.3 Å². The number of aromatic nitrogens is 1. The zero-order valence-corrected chi connectivity index (χ0v) is 53.1. The van der Waals surface area contributed by atoms with Gasteiger partial charge in [-0.05, 0) is 81.8 Å². The lowest BCUT2D eigenvalue weighted by molar-refractivity contribution is -0.141. The van der Waals surface area contributed by atoms with Crippen LogP contribution < -0.4 is 26.0 Å². The number of fused-ring (bicyclic) bond motifs is 1. The van der Waals surface area contributed by atoms with Gasteiger partial charge < -0.3 is 55.5 Å². The summed E-state index contributed by atoms with van der Waals surface area (Å²) >= 11 is 1.29. The van der Waals surface area contributed by atoms with E-state index in [2.05, 4.69) is 37.1 Å². The summed E-state index contributed by atoms with van der Waals surface area (Å²) in [6.07, 6.45) is 8.72. The fraction of sp³-hybridized carbons (Fsp3) is 0.587. The number of benzene rings is 2. The standard InChI is InChI=1S/C63H88F2N12O14S/c1-3-49-37-63(64,65)42-77(49)58(83)38-69-60(86)51-17-19-66-53-16-15-50(36-52(51)53)91-34-5-4-21-71-30-32-76(33-31-71)62(88)55(80)41-92-35-20-68-61(87)54(9-7-18-67-56(81)10-6-8-48-13-11-47(2)12-14-48)70-57(82)39-72-22-23-73(40-59(84)85)25-27-75(44-90-46-79)29-28-74(26-24-72)43-89-45-78/h1,11-17,19,36,45-46,49,54-55,80H,4-10,18,20-35,37-44H2,2H3,(H,67,81)(H,68,87)(H,69,86)(H,70,82)(H,84,85)/t49-,54-,55+/m0/s1. The number of piperazine rings is 1. The lowest BCUT2D eigenvalue weighted by Crippen LogP contribution is -2.52. The molecule has 0 aliphatic carbocycles. The van der Waals surface area contributed by atoms with Crippen molar-refractivity contribution in [2.75, 3.05) is 156 Å². The number of pyridine rings is 1. The summed E-state index contributed by atoms with van der Waals surface area (Å²) in [6.45, 7) is 7.19. The Morgan fingerprint density at radius 1 is 0.783 bits per heavy atom. The fourth-order valence-corrected chi connectivity index (χ4v) is 11.6. The van der Waals surface area contributed by atoms with Gasteiger partial charge in [0, 0.05) is 128 Å². The predicted molar refractivity (Wildman–Crippen MR) is 338 cm³/mol. The Labute approximate surface area is 539 Å². The molecule has 29 heteroatoms. The molecule has 26 nitrogen and oxygen atoms in total. The molecule has 3 aliphatic rings. The number of aliphatic hydroxyl groups is 1. The zero-order chi connectivity index (χ0) is 66.3. The quantitative estimate of drug-likeness (QED) is 0.0267. The van der Waals surface area contributed by atoms with Gasteiger partial charge in [-0.2, -0.15) is 11.8 Å². The predicted octanol–water partition coefficient (Wildman–Crippen LogP) is 0.627. The maximum absolute atomic E-state index is 14.0. The maximum atomic E-state index is 14.0. The Hall–Kier alpha value is -7.59. The lowest BCUT2D eigenvalue weighted by Gasteiger charge is -2.35. The molecule has 3 saturated heterocycles. The summed E-state index contributed by atoms with van der Waals surface area (Å²) < 4.78 is 44.0. The first-order chi connectivity index (χ1) is 44.3. The smallest absolute Gasteiger partial charge is 0.317 e. The topological polar surface area (TPSA) is 305 Å². The molecule has 3 atom stereocenters. The second kappa shape index (κ2) is 39.1. The molecular formula is C63H88F2N12O14S. The molecule has 6 rings (SSSR count). The van der Waals surface area contributed by atoms with E-state index in [1.165, 1.54) is 24.0 Å². The van der Waals surface area contributed by atoms with Gasteiger partial charge in [0.1, 0.15) is 31.4 Å². The van der Waals surface area contributed by atoms with Crippen molar-refractivity contribution in [3.05, 3.63) is 71.4 Å². The molecule has 0 saturated carbocycles. The van der Waals surface area contributed by atoms with Crippen LogP contribution in [0.15, 0.2) is 54.7 Å². The number of nitrogens with one attached hydrogen (secondary N) is 4. The SMILES string of the molecule is C#C[C@H]1CC(F)(F)CN1C(=O)CNC(=O)c1ccnc2ccc(OCCCCN3CCN(C(=O)[C@H](O)CSCCNC(=O)[C@H](CCCNC(=O)CCCc4ccc(C)cc4)NC(=O)CN4CCN(COC=O)CCN(COC=O)CCN(CC(=O)O)CC4)CC3)cc12. The number of rotatable bonds is 35. The van der Waals surface area contributed by atoms with Crippen LogP contribution in [-0.4, -0.2) is 284 Å². The summed E-state index contributed by atoms with van der Waals surface area (Å²) in [5, 5.41) is 32.3. The van der Waals surface area contributed by atoms with Crippen LogP contribution in [0.1, 0.15) is 66.4 Å². The molecular weight excluding hydrogens is 1220 g/mol. The highest BCUT2D eigenvalue weighted by molar-refractivity contribution is 7.99. The highest BCUT2D eigenvalue weighted by atomic mass is 32.2. The number of carboxylic acids is 1. The van der Waals surface area contributed by atoms with Crippen LogP contribution in [0, 0.1) is 19.3 Å². The number of terminal acetylenes is 1.